The number of aliphatic hydroxyl groups excluding tert-OH is 1. The second-order valence-corrected chi connectivity index (χ2v) is 6.77. The zero-order chi connectivity index (χ0) is 19.6. The van der Waals surface area contributed by atoms with E-state index in [-0.39, 0.29) is 17.4 Å². The average molecular weight is 407 g/mol. The van der Waals surface area contributed by atoms with Crippen molar-refractivity contribution in [2.24, 2.45) is 0 Å². The minimum Gasteiger partial charge on any atom is -0.482 e. The van der Waals surface area contributed by atoms with Crippen molar-refractivity contribution in [2.45, 2.75) is 19.6 Å². The monoisotopic (exact) mass is 406 g/mol. The molecule has 1 unspecified atom stereocenters. The Hall–Kier alpha value is -2.34. The molecule has 0 saturated heterocycles. The molecule has 0 amide bonds. The molecule has 0 radical (unpaired) electrons. The summed E-state index contributed by atoms with van der Waals surface area (Å²) in [7, 11) is 0. The van der Waals surface area contributed by atoms with E-state index < -0.39 is 11.9 Å². The maximum atomic E-state index is 13.8. The van der Waals surface area contributed by atoms with Crippen molar-refractivity contribution in [3.8, 4) is 16.9 Å². The molecule has 27 heavy (non-hydrogen) atoms. The quantitative estimate of drug-likeness (QED) is 0.555. The zero-order valence-electron chi connectivity index (χ0n) is 14.4. The van der Waals surface area contributed by atoms with E-state index in [4.69, 9.17) is 33.7 Å². The van der Waals surface area contributed by atoms with Crippen LogP contribution in [0.2, 0.25) is 10.0 Å². The Balaban J connectivity index is 1.95. The summed E-state index contributed by atoms with van der Waals surface area (Å²) in [6, 6.07) is 11.8. The van der Waals surface area contributed by atoms with Crippen LogP contribution in [-0.4, -0.2) is 10.1 Å². The third-order valence-electron chi connectivity index (χ3n) is 4.11. The van der Waals surface area contributed by atoms with Crippen LogP contribution in [0.5, 0.6) is 5.75 Å². The Bertz CT molecular complexity index is 982. The predicted octanol–water partition coefficient (Wildman–Crippen LogP) is 5.41. The lowest BCUT2D eigenvalue weighted by Crippen LogP contribution is -2.08. The number of hydrogen-bond donors (Lipinski definition) is 2. The van der Waals surface area contributed by atoms with Crippen molar-refractivity contribution in [3.05, 3.63) is 75.7 Å². The van der Waals surface area contributed by atoms with E-state index in [0.717, 1.165) is 16.7 Å². The molecular weight excluding hydrogens is 390 g/mol. The standard InChI is InChI=1S/C20H17Cl2FN2O2/c1-11(18-15(21)5-6-16(23)19(18)22)27-17-8-14(9-25-20(17)24)13-4-2-3-12(7-13)10-26/h2-9,11,26H,10H2,1H3,(H2,24,25). The summed E-state index contributed by atoms with van der Waals surface area (Å²) in [4.78, 5) is 4.17. The minimum atomic E-state index is -0.649. The number of nitrogen functional groups attached to an aromatic ring is 1. The summed E-state index contributed by atoms with van der Waals surface area (Å²) in [6.45, 7) is 1.64. The lowest BCUT2D eigenvalue weighted by Gasteiger charge is -2.19. The molecular formula is C20H17Cl2FN2O2. The molecule has 3 rings (SSSR count). The maximum Gasteiger partial charge on any atom is 0.166 e. The number of pyridine rings is 1. The second-order valence-electron chi connectivity index (χ2n) is 5.98. The molecule has 2 aromatic carbocycles. The first-order valence-corrected chi connectivity index (χ1v) is 8.92. The van der Waals surface area contributed by atoms with Crippen LogP contribution in [0.15, 0.2) is 48.7 Å². The fraction of sp³-hybridized carbons (Fsp3) is 0.150. The van der Waals surface area contributed by atoms with Gasteiger partial charge in [0, 0.05) is 22.3 Å². The van der Waals surface area contributed by atoms with Gasteiger partial charge in [-0.05, 0) is 42.3 Å². The predicted molar refractivity (Wildman–Crippen MR) is 105 cm³/mol. The molecule has 0 aliphatic heterocycles. The van der Waals surface area contributed by atoms with Crippen molar-refractivity contribution in [3.63, 3.8) is 0 Å². The highest BCUT2D eigenvalue weighted by Gasteiger charge is 2.20. The van der Waals surface area contributed by atoms with E-state index in [9.17, 15) is 9.50 Å². The van der Waals surface area contributed by atoms with Crippen LogP contribution >= 0.6 is 23.2 Å². The van der Waals surface area contributed by atoms with Gasteiger partial charge in [-0.25, -0.2) is 9.37 Å². The van der Waals surface area contributed by atoms with Gasteiger partial charge in [0.25, 0.3) is 0 Å². The first-order valence-electron chi connectivity index (χ1n) is 8.16. The Labute approximate surface area is 166 Å². The summed E-state index contributed by atoms with van der Waals surface area (Å²) in [5.74, 6) is -0.0643. The molecule has 0 aliphatic carbocycles. The summed E-state index contributed by atoms with van der Waals surface area (Å²) >= 11 is 12.2. The summed E-state index contributed by atoms with van der Waals surface area (Å²) in [5.41, 5.74) is 8.67. The van der Waals surface area contributed by atoms with Crippen molar-refractivity contribution >= 4 is 29.0 Å². The van der Waals surface area contributed by atoms with Gasteiger partial charge in [0.2, 0.25) is 0 Å². The van der Waals surface area contributed by atoms with Crippen LogP contribution in [0.4, 0.5) is 10.2 Å². The van der Waals surface area contributed by atoms with Gasteiger partial charge in [0.15, 0.2) is 11.6 Å². The van der Waals surface area contributed by atoms with E-state index in [1.54, 1.807) is 19.2 Å². The third kappa shape index (κ3) is 4.16. The highest BCUT2D eigenvalue weighted by Crippen LogP contribution is 2.37. The van der Waals surface area contributed by atoms with Crippen LogP contribution in [-0.2, 0) is 6.61 Å². The van der Waals surface area contributed by atoms with E-state index in [1.165, 1.54) is 12.1 Å². The van der Waals surface area contributed by atoms with Crippen LogP contribution in [0, 0.1) is 5.82 Å². The molecule has 0 spiro atoms. The molecule has 1 heterocycles. The van der Waals surface area contributed by atoms with E-state index in [2.05, 4.69) is 4.98 Å². The van der Waals surface area contributed by atoms with Crippen LogP contribution in [0.1, 0.15) is 24.2 Å². The molecule has 0 fully saturated rings. The maximum absolute atomic E-state index is 13.8. The van der Waals surface area contributed by atoms with Crippen LogP contribution in [0.25, 0.3) is 11.1 Å². The van der Waals surface area contributed by atoms with Crippen molar-refractivity contribution in [1.82, 2.24) is 4.98 Å². The lowest BCUT2D eigenvalue weighted by atomic mass is 10.0. The molecule has 0 saturated carbocycles. The second kappa shape index (κ2) is 8.13. The lowest BCUT2D eigenvalue weighted by molar-refractivity contribution is 0.227. The first kappa shape index (κ1) is 19.4. The summed E-state index contributed by atoms with van der Waals surface area (Å²) in [5, 5.41) is 9.52. The average Bonchev–Trinajstić information content (AvgIpc) is 2.67. The number of benzene rings is 2. The van der Waals surface area contributed by atoms with Crippen molar-refractivity contribution in [2.75, 3.05) is 5.73 Å². The molecule has 0 bridgehead atoms. The van der Waals surface area contributed by atoms with Gasteiger partial charge < -0.3 is 15.6 Å². The summed E-state index contributed by atoms with van der Waals surface area (Å²) in [6.07, 6.45) is 0.967. The SMILES string of the molecule is CC(Oc1cc(-c2cccc(CO)c2)cnc1N)c1c(Cl)ccc(F)c1Cl. The van der Waals surface area contributed by atoms with Crippen molar-refractivity contribution < 1.29 is 14.2 Å². The molecule has 7 heteroatoms. The fourth-order valence-corrected chi connectivity index (χ4v) is 3.40. The van der Waals surface area contributed by atoms with Crippen LogP contribution < -0.4 is 10.5 Å². The van der Waals surface area contributed by atoms with E-state index in [0.29, 0.717) is 16.3 Å². The van der Waals surface area contributed by atoms with Gasteiger partial charge in [0.1, 0.15) is 11.9 Å². The third-order valence-corrected chi connectivity index (χ3v) is 4.83. The molecule has 4 nitrogen and oxygen atoms in total. The first-order chi connectivity index (χ1) is 12.9. The number of nitrogens with two attached hydrogens (primary N) is 1. The van der Waals surface area contributed by atoms with Crippen molar-refractivity contribution in [1.29, 1.82) is 0 Å². The minimum absolute atomic E-state index is 0.0623. The smallest absolute Gasteiger partial charge is 0.166 e. The molecule has 0 aliphatic rings. The highest BCUT2D eigenvalue weighted by molar-refractivity contribution is 6.36. The zero-order valence-corrected chi connectivity index (χ0v) is 15.9. The number of nitrogens with zero attached hydrogens (tertiary/aromatic N) is 1. The van der Waals surface area contributed by atoms with Gasteiger partial charge >= 0.3 is 0 Å². The Kier molecular flexibility index (Phi) is 5.85. The van der Waals surface area contributed by atoms with Gasteiger partial charge in [-0.1, -0.05) is 41.4 Å². The number of rotatable bonds is 5. The van der Waals surface area contributed by atoms with Gasteiger partial charge in [0.05, 0.1) is 11.6 Å². The molecule has 3 N–H and O–H groups in total. The van der Waals surface area contributed by atoms with Gasteiger partial charge in [-0.3, -0.25) is 0 Å². The normalized spacial score (nSPS) is 12.0. The molecule has 1 aromatic heterocycles. The van der Waals surface area contributed by atoms with Crippen LogP contribution in [0.3, 0.4) is 0 Å². The van der Waals surface area contributed by atoms with Gasteiger partial charge in [-0.15, -0.1) is 0 Å². The number of aromatic nitrogens is 1. The molecule has 1 atom stereocenters. The largest absolute Gasteiger partial charge is 0.482 e. The Morgan fingerprint density at radius 1 is 1.19 bits per heavy atom. The molecule has 3 aromatic rings. The number of aliphatic hydroxyl groups is 1. The number of halogens is 3. The number of anilines is 1. The fourth-order valence-electron chi connectivity index (χ4n) is 2.72. The van der Waals surface area contributed by atoms with E-state index in [1.807, 2.05) is 24.3 Å². The Morgan fingerprint density at radius 2 is 1.96 bits per heavy atom. The Morgan fingerprint density at radius 3 is 2.70 bits per heavy atom. The van der Waals surface area contributed by atoms with E-state index >= 15 is 0 Å². The number of ether oxygens (including phenoxy) is 1. The van der Waals surface area contributed by atoms with Gasteiger partial charge in [-0.2, -0.15) is 0 Å². The summed E-state index contributed by atoms with van der Waals surface area (Å²) < 4.78 is 19.7. The highest BCUT2D eigenvalue weighted by atomic mass is 35.5. The number of hydrogen-bond acceptors (Lipinski definition) is 4. The molecule has 140 valence electrons. The topological polar surface area (TPSA) is 68.4 Å².